The zero-order valence-corrected chi connectivity index (χ0v) is 18.2. The maximum atomic E-state index is 6.14. The van der Waals surface area contributed by atoms with Crippen LogP contribution in [0.5, 0.6) is 11.5 Å². The zero-order chi connectivity index (χ0) is 20.4. The second kappa shape index (κ2) is 8.42. The van der Waals surface area contributed by atoms with Crippen molar-refractivity contribution in [2.24, 2.45) is 16.3 Å². The second-order valence-corrected chi connectivity index (χ2v) is 8.60. The van der Waals surface area contributed by atoms with Gasteiger partial charge in [-0.05, 0) is 51.3 Å². The number of ether oxygens (including phenoxy) is 3. The van der Waals surface area contributed by atoms with Gasteiger partial charge in [0.2, 0.25) is 0 Å². The minimum atomic E-state index is 0.0353. The molecule has 6 heteroatoms. The van der Waals surface area contributed by atoms with E-state index in [-0.39, 0.29) is 6.04 Å². The number of nitrogens with one attached hydrogen (secondary N) is 2. The first-order valence-corrected chi connectivity index (χ1v) is 11.0. The van der Waals surface area contributed by atoms with Crippen molar-refractivity contribution in [2.45, 2.75) is 64.1 Å². The summed E-state index contributed by atoms with van der Waals surface area (Å²) in [6, 6.07) is 6.40. The van der Waals surface area contributed by atoms with Crippen LogP contribution >= 0.6 is 0 Å². The predicted octanol–water partition coefficient (Wildman–Crippen LogP) is 3.67. The van der Waals surface area contributed by atoms with Gasteiger partial charge >= 0.3 is 0 Å². The normalized spacial score (nSPS) is 28.6. The van der Waals surface area contributed by atoms with Crippen molar-refractivity contribution in [1.29, 1.82) is 0 Å². The minimum absolute atomic E-state index is 0.0353. The molecule has 1 spiro atoms. The molecule has 160 valence electrons. The first-order chi connectivity index (χ1) is 14.1. The third-order valence-corrected chi connectivity index (χ3v) is 7.15. The fourth-order valence-corrected chi connectivity index (χ4v) is 5.80. The Hall–Kier alpha value is -1.95. The van der Waals surface area contributed by atoms with E-state index in [9.17, 15) is 0 Å². The summed E-state index contributed by atoms with van der Waals surface area (Å²) >= 11 is 0. The van der Waals surface area contributed by atoms with Crippen molar-refractivity contribution < 1.29 is 14.2 Å². The molecule has 4 atom stereocenters. The van der Waals surface area contributed by atoms with Gasteiger partial charge in [0.15, 0.2) is 5.96 Å². The van der Waals surface area contributed by atoms with Crippen molar-refractivity contribution in [3.63, 3.8) is 0 Å². The third-order valence-electron chi connectivity index (χ3n) is 7.15. The van der Waals surface area contributed by atoms with Crippen molar-refractivity contribution in [3.8, 4) is 11.5 Å². The number of benzene rings is 1. The van der Waals surface area contributed by atoms with Gasteiger partial charge < -0.3 is 24.8 Å². The number of methoxy groups -OCH3 is 2. The van der Waals surface area contributed by atoms with E-state index in [2.05, 4.69) is 24.5 Å². The molecule has 29 heavy (non-hydrogen) atoms. The molecule has 2 N–H and O–H groups in total. The highest BCUT2D eigenvalue weighted by molar-refractivity contribution is 5.81. The number of fused-ring (bicyclic) bond motifs is 2. The molecule has 6 nitrogen and oxygen atoms in total. The fraction of sp³-hybridized carbons (Fsp3) is 0.696. The van der Waals surface area contributed by atoms with E-state index in [1.54, 1.807) is 14.2 Å². The second-order valence-electron chi connectivity index (χ2n) is 8.60. The number of aliphatic imine (C=N–C) groups is 1. The van der Waals surface area contributed by atoms with E-state index in [1.807, 2.05) is 18.2 Å². The van der Waals surface area contributed by atoms with Crippen LogP contribution in [0.25, 0.3) is 0 Å². The quantitative estimate of drug-likeness (QED) is 0.563. The van der Waals surface area contributed by atoms with Crippen LogP contribution in [0.15, 0.2) is 23.2 Å². The molecule has 4 rings (SSSR count). The number of hydrogen-bond acceptors (Lipinski definition) is 4. The van der Waals surface area contributed by atoms with E-state index >= 15 is 0 Å². The molecule has 0 bridgehead atoms. The topological polar surface area (TPSA) is 64.1 Å². The molecule has 1 aromatic carbocycles. The molecular formula is C23H35N3O3. The molecule has 1 aromatic rings. The van der Waals surface area contributed by atoms with Crippen LogP contribution in [0.1, 0.15) is 57.6 Å². The van der Waals surface area contributed by atoms with Gasteiger partial charge in [0.1, 0.15) is 11.5 Å². The van der Waals surface area contributed by atoms with Crippen LogP contribution < -0.4 is 20.1 Å². The largest absolute Gasteiger partial charge is 0.497 e. The molecule has 0 amide bonds. The van der Waals surface area contributed by atoms with E-state index in [1.165, 1.54) is 25.7 Å². The Labute approximate surface area is 174 Å². The van der Waals surface area contributed by atoms with Crippen LogP contribution in [0.2, 0.25) is 0 Å². The number of rotatable bonds is 6. The van der Waals surface area contributed by atoms with E-state index in [4.69, 9.17) is 19.2 Å². The van der Waals surface area contributed by atoms with Gasteiger partial charge in [-0.2, -0.15) is 0 Å². The van der Waals surface area contributed by atoms with Gasteiger partial charge in [-0.1, -0.05) is 12.8 Å². The van der Waals surface area contributed by atoms with Gasteiger partial charge in [-0.3, -0.25) is 4.99 Å². The van der Waals surface area contributed by atoms with Gasteiger partial charge in [-0.25, -0.2) is 0 Å². The highest BCUT2D eigenvalue weighted by atomic mass is 16.5. The molecule has 2 aliphatic carbocycles. The molecule has 2 saturated carbocycles. The predicted molar refractivity (Wildman–Crippen MR) is 115 cm³/mol. The average molecular weight is 402 g/mol. The third kappa shape index (κ3) is 3.56. The summed E-state index contributed by atoms with van der Waals surface area (Å²) in [6.07, 6.45) is 6.77. The molecular weight excluding hydrogens is 366 g/mol. The Kier molecular flexibility index (Phi) is 5.91. The highest BCUT2D eigenvalue weighted by Crippen LogP contribution is 2.60. The van der Waals surface area contributed by atoms with Gasteiger partial charge in [0, 0.05) is 36.1 Å². The molecule has 0 radical (unpaired) electrons. The summed E-state index contributed by atoms with van der Waals surface area (Å²) in [5.41, 5.74) is 1.36. The standard InChI is InChI=1S/C23H35N3O3/c1-5-24-22(25-15(2)18-14-16(27-3)8-9-19(18)28-4)26-20-17-10-13-29-21(17)23(20)11-6-7-12-23/h8-9,14-15,17,20-21H,5-7,10-13H2,1-4H3,(H2,24,25,26). The fourth-order valence-electron chi connectivity index (χ4n) is 5.80. The Morgan fingerprint density at radius 3 is 2.76 bits per heavy atom. The van der Waals surface area contributed by atoms with E-state index in [0.29, 0.717) is 23.5 Å². The van der Waals surface area contributed by atoms with Crippen molar-refractivity contribution >= 4 is 5.96 Å². The van der Waals surface area contributed by atoms with Crippen LogP contribution in [0.4, 0.5) is 0 Å². The maximum absolute atomic E-state index is 6.14. The highest BCUT2D eigenvalue weighted by Gasteiger charge is 2.65. The Morgan fingerprint density at radius 2 is 2.07 bits per heavy atom. The summed E-state index contributed by atoms with van der Waals surface area (Å²) in [7, 11) is 3.39. The summed E-state index contributed by atoms with van der Waals surface area (Å²) in [5.74, 6) is 3.16. The Bertz CT molecular complexity index is 745. The summed E-state index contributed by atoms with van der Waals surface area (Å²) in [6.45, 7) is 5.85. The van der Waals surface area contributed by atoms with Crippen molar-refractivity contribution in [1.82, 2.24) is 10.6 Å². The molecule has 3 aliphatic rings. The molecule has 3 fully saturated rings. The lowest BCUT2D eigenvalue weighted by molar-refractivity contribution is -0.125. The number of guanidine groups is 1. The summed E-state index contributed by atoms with van der Waals surface area (Å²) < 4.78 is 17.1. The maximum Gasteiger partial charge on any atom is 0.191 e. The van der Waals surface area contributed by atoms with Crippen LogP contribution in [-0.2, 0) is 4.74 Å². The number of hydrogen-bond donors (Lipinski definition) is 2. The smallest absolute Gasteiger partial charge is 0.191 e. The number of nitrogens with zero attached hydrogens (tertiary/aromatic N) is 1. The van der Waals surface area contributed by atoms with Crippen LogP contribution in [0.3, 0.4) is 0 Å². The van der Waals surface area contributed by atoms with E-state index in [0.717, 1.165) is 42.6 Å². The lowest BCUT2D eigenvalue weighted by Gasteiger charge is -2.57. The van der Waals surface area contributed by atoms with Crippen molar-refractivity contribution in [2.75, 3.05) is 27.4 Å². The summed E-state index contributed by atoms with van der Waals surface area (Å²) in [4.78, 5) is 4.76. The van der Waals surface area contributed by atoms with Gasteiger partial charge in [-0.15, -0.1) is 0 Å². The van der Waals surface area contributed by atoms with E-state index < -0.39 is 0 Å². The SMILES string of the molecule is CCN=C(NC(C)c1cc(OC)ccc1OC)NC1C2CCOC2C12CCCC2. The average Bonchev–Trinajstić information content (AvgIpc) is 3.40. The monoisotopic (exact) mass is 401 g/mol. The first-order valence-electron chi connectivity index (χ1n) is 11.0. The van der Waals surface area contributed by atoms with Crippen molar-refractivity contribution in [3.05, 3.63) is 23.8 Å². The minimum Gasteiger partial charge on any atom is -0.497 e. The molecule has 1 heterocycles. The molecule has 0 aromatic heterocycles. The van der Waals surface area contributed by atoms with Gasteiger partial charge in [0.05, 0.1) is 26.4 Å². The Balaban J connectivity index is 1.51. The first kappa shape index (κ1) is 20.3. The molecule has 1 aliphatic heterocycles. The Morgan fingerprint density at radius 1 is 1.28 bits per heavy atom. The van der Waals surface area contributed by atoms with Crippen LogP contribution in [0, 0.1) is 11.3 Å². The molecule has 4 unspecified atom stereocenters. The summed E-state index contributed by atoms with van der Waals surface area (Å²) in [5, 5.41) is 7.42. The zero-order valence-electron chi connectivity index (χ0n) is 18.2. The molecule has 1 saturated heterocycles. The lowest BCUT2D eigenvalue weighted by Crippen LogP contribution is -2.69. The van der Waals surface area contributed by atoms with Crippen LogP contribution in [-0.4, -0.2) is 45.5 Å². The van der Waals surface area contributed by atoms with Gasteiger partial charge in [0.25, 0.3) is 0 Å². The lowest BCUT2D eigenvalue weighted by atomic mass is 9.54.